The fraction of sp³-hybridized carbons (Fsp3) is 0.0625. The van der Waals surface area contributed by atoms with Crippen LogP contribution < -0.4 is 0 Å². The van der Waals surface area contributed by atoms with Gasteiger partial charge in [0.2, 0.25) is 0 Å². The molecule has 0 radical (unpaired) electrons. The van der Waals surface area contributed by atoms with E-state index in [1.807, 2.05) is 0 Å². The van der Waals surface area contributed by atoms with Crippen LogP contribution in [0.1, 0.15) is 30.5 Å². The maximum atomic E-state index is 2.54. The van der Waals surface area contributed by atoms with Crippen molar-refractivity contribution >= 4 is 32.3 Å². The molecule has 1 atom stereocenters. The van der Waals surface area contributed by atoms with Crippen molar-refractivity contribution in [2.45, 2.75) is 19.3 Å². The Hall–Kier alpha value is -7.80. The summed E-state index contributed by atoms with van der Waals surface area (Å²) in [5.74, 6) is 0.324. The second-order valence-electron chi connectivity index (χ2n) is 17.7. The van der Waals surface area contributed by atoms with Crippen molar-refractivity contribution in [3.63, 3.8) is 0 Å². The van der Waals surface area contributed by atoms with Gasteiger partial charge in [-0.2, -0.15) is 0 Å². The van der Waals surface area contributed by atoms with Gasteiger partial charge in [-0.15, -0.1) is 0 Å². The summed E-state index contributed by atoms with van der Waals surface area (Å²) in [5, 5.41) is 7.53. The quantitative estimate of drug-likeness (QED) is 0.141. The largest absolute Gasteiger partial charge is 0.0622 e. The molecule has 0 spiro atoms. The number of fused-ring (bicyclic) bond motifs is 6. The van der Waals surface area contributed by atoms with Gasteiger partial charge in [0.1, 0.15) is 0 Å². The van der Waals surface area contributed by atoms with Gasteiger partial charge >= 0.3 is 0 Å². The van der Waals surface area contributed by atoms with Crippen LogP contribution in [-0.4, -0.2) is 0 Å². The minimum atomic E-state index is -0.280. The number of benzene rings is 11. The van der Waals surface area contributed by atoms with Gasteiger partial charge in [-0.3, -0.25) is 0 Å². The van der Waals surface area contributed by atoms with Gasteiger partial charge in [0.05, 0.1) is 0 Å². The fourth-order valence-corrected chi connectivity index (χ4v) is 11.3. The molecule has 0 fully saturated rings. The summed E-state index contributed by atoms with van der Waals surface area (Å²) in [6.45, 7) is 4.78. The van der Waals surface area contributed by atoms with Gasteiger partial charge < -0.3 is 0 Å². The Bertz CT molecular complexity index is 3450. The van der Waals surface area contributed by atoms with Crippen LogP contribution in [0.25, 0.3) is 99.1 Å². The number of rotatable bonds is 7. The number of hydrogen-bond acceptors (Lipinski definition) is 0. The highest BCUT2D eigenvalue weighted by atomic mass is 14.5. The summed E-state index contributed by atoms with van der Waals surface area (Å²) in [7, 11) is 0. The highest BCUT2D eigenvalue weighted by Crippen LogP contribution is 2.57. The van der Waals surface area contributed by atoms with E-state index in [1.54, 1.807) is 0 Å². The second kappa shape index (κ2) is 15.2. The van der Waals surface area contributed by atoms with E-state index in [0.29, 0.717) is 5.92 Å². The Balaban J connectivity index is 1.08. The molecule has 12 rings (SSSR count). The first-order chi connectivity index (χ1) is 31.6. The Morgan fingerprint density at radius 3 is 1.27 bits per heavy atom. The molecule has 11 aromatic carbocycles. The van der Waals surface area contributed by atoms with Crippen molar-refractivity contribution in [1.82, 2.24) is 0 Å². The van der Waals surface area contributed by atoms with Crippen molar-refractivity contribution in [2.24, 2.45) is 5.92 Å². The van der Waals surface area contributed by atoms with Crippen LogP contribution in [0.5, 0.6) is 0 Å². The van der Waals surface area contributed by atoms with E-state index in [2.05, 4.69) is 250 Å². The predicted molar refractivity (Wildman–Crippen MR) is 273 cm³/mol. The van der Waals surface area contributed by atoms with Crippen LogP contribution >= 0.6 is 0 Å². The Morgan fingerprint density at radius 2 is 0.688 bits per heavy atom. The lowest BCUT2D eigenvalue weighted by Crippen LogP contribution is -2.33. The molecule has 302 valence electrons. The van der Waals surface area contributed by atoms with Gasteiger partial charge in [-0.25, -0.2) is 0 Å². The number of hydrogen-bond donors (Lipinski definition) is 0. The molecule has 0 aromatic heterocycles. The molecule has 0 heterocycles. The lowest BCUT2D eigenvalue weighted by Gasteiger charge is -2.37. The van der Waals surface area contributed by atoms with Crippen molar-refractivity contribution in [3.05, 3.63) is 253 Å². The molecule has 64 heavy (non-hydrogen) atoms. The maximum Gasteiger partial charge on any atom is 0.0486 e. The zero-order valence-electron chi connectivity index (χ0n) is 36.1. The molecule has 1 unspecified atom stereocenters. The molecular formula is C64H46. The van der Waals surface area contributed by atoms with Crippen LogP contribution in [0, 0.1) is 5.92 Å². The summed E-state index contributed by atoms with van der Waals surface area (Å²) < 4.78 is 0. The van der Waals surface area contributed by atoms with Crippen LogP contribution in [0.2, 0.25) is 0 Å². The Morgan fingerprint density at radius 1 is 0.266 bits per heavy atom. The molecule has 0 aliphatic heterocycles. The van der Waals surface area contributed by atoms with E-state index in [1.165, 1.54) is 116 Å². The summed E-state index contributed by atoms with van der Waals surface area (Å²) >= 11 is 0. The van der Waals surface area contributed by atoms with E-state index >= 15 is 0 Å². The van der Waals surface area contributed by atoms with Crippen LogP contribution in [0.3, 0.4) is 0 Å². The molecular weight excluding hydrogens is 769 g/mol. The van der Waals surface area contributed by atoms with E-state index in [4.69, 9.17) is 0 Å². The molecule has 0 saturated heterocycles. The minimum absolute atomic E-state index is 0.280. The molecule has 0 bridgehead atoms. The molecule has 1 aliphatic rings. The third-order valence-electron chi connectivity index (χ3n) is 14.1. The Kier molecular flexibility index (Phi) is 9.02. The van der Waals surface area contributed by atoms with Crippen LogP contribution in [-0.2, 0) is 5.41 Å². The van der Waals surface area contributed by atoms with Gasteiger partial charge in [-0.1, -0.05) is 226 Å². The first-order valence-corrected chi connectivity index (χ1v) is 22.6. The molecule has 0 saturated carbocycles. The molecule has 1 aliphatic carbocycles. The molecule has 0 N–H and O–H groups in total. The highest BCUT2D eigenvalue weighted by Gasteiger charge is 2.47. The van der Waals surface area contributed by atoms with Crippen molar-refractivity contribution in [1.29, 1.82) is 0 Å². The van der Waals surface area contributed by atoms with Crippen molar-refractivity contribution in [2.75, 3.05) is 0 Å². The lowest BCUT2D eigenvalue weighted by molar-refractivity contribution is 0.447. The van der Waals surface area contributed by atoms with E-state index < -0.39 is 0 Å². The lowest BCUT2D eigenvalue weighted by atomic mass is 9.65. The highest BCUT2D eigenvalue weighted by molar-refractivity contribution is 6.24. The van der Waals surface area contributed by atoms with Crippen LogP contribution in [0.15, 0.2) is 237 Å². The summed E-state index contributed by atoms with van der Waals surface area (Å²) in [5.41, 5.74) is 18.8. The third-order valence-corrected chi connectivity index (χ3v) is 14.1. The Labute approximate surface area is 375 Å². The second-order valence-corrected chi connectivity index (χ2v) is 17.7. The zero-order valence-corrected chi connectivity index (χ0v) is 36.1. The minimum Gasteiger partial charge on any atom is -0.0622 e. The SMILES string of the molecule is CC(C)C1(c2ccccc2)c2ccccc2-c2ccc(-c3c4ccccc4c(-c4ccc(-c5cc(-c6ccccc6)cc(-c6ccccc6)c5)c5ccccc45)c4ccccc34)cc21. The predicted octanol–water partition coefficient (Wildman–Crippen LogP) is 17.5. The normalized spacial score (nSPS) is 14.3. The van der Waals surface area contributed by atoms with E-state index in [9.17, 15) is 0 Å². The summed E-state index contributed by atoms with van der Waals surface area (Å²) in [6, 6.07) is 88.1. The topological polar surface area (TPSA) is 0 Å². The first kappa shape index (κ1) is 37.9. The van der Waals surface area contributed by atoms with Crippen LogP contribution in [0.4, 0.5) is 0 Å². The van der Waals surface area contributed by atoms with Gasteiger partial charge in [0.25, 0.3) is 0 Å². The molecule has 11 aromatic rings. The van der Waals surface area contributed by atoms with Crippen molar-refractivity contribution < 1.29 is 0 Å². The third kappa shape index (κ3) is 5.83. The standard InChI is InChI=1S/C64H46/c1-42(2)64(49-24-10-5-11-25-49)60-33-19-18-28-53(60)54-35-34-45(41-61(54)64)62-55-29-14-16-31-57(55)63(58-32-17-15-30-56(58)62)59-37-36-50(51-26-12-13-27-52(51)59)48-39-46(43-20-6-3-7-21-43)38-47(40-48)44-22-8-4-9-23-44/h3-42H,1-2H3. The maximum absolute atomic E-state index is 2.54. The van der Waals surface area contributed by atoms with E-state index in [0.717, 1.165) is 0 Å². The van der Waals surface area contributed by atoms with Gasteiger partial charge in [0, 0.05) is 5.41 Å². The smallest absolute Gasteiger partial charge is 0.0486 e. The summed E-state index contributed by atoms with van der Waals surface area (Å²) in [4.78, 5) is 0. The first-order valence-electron chi connectivity index (χ1n) is 22.6. The van der Waals surface area contributed by atoms with Gasteiger partial charge in [0.15, 0.2) is 0 Å². The average molecular weight is 815 g/mol. The average Bonchev–Trinajstić information content (AvgIpc) is 3.66. The van der Waals surface area contributed by atoms with Gasteiger partial charge in [-0.05, 0) is 146 Å². The fourth-order valence-electron chi connectivity index (χ4n) is 11.3. The van der Waals surface area contributed by atoms with E-state index in [-0.39, 0.29) is 5.41 Å². The zero-order chi connectivity index (χ0) is 42.8. The molecule has 0 amide bonds. The monoisotopic (exact) mass is 814 g/mol. The molecule has 0 heteroatoms. The molecule has 0 nitrogen and oxygen atoms in total. The summed E-state index contributed by atoms with van der Waals surface area (Å²) in [6.07, 6.45) is 0. The van der Waals surface area contributed by atoms with Crippen molar-refractivity contribution in [3.8, 4) is 66.8 Å².